The summed E-state index contributed by atoms with van der Waals surface area (Å²) in [4.78, 5) is 38.4. The number of oxazole rings is 1. The third-order valence-electron chi connectivity index (χ3n) is 11.6. The molecule has 0 spiro atoms. The van der Waals surface area contributed by atoms with Gasteiger partial charge >= 0.3 is 6.09 Å². The van der Waals surface area contributed by atoms with E-state index in [1.807, 2.05) is 17.0 Å². The molecule has 9 nitrogen and oxygen atoms in total. The molecule has 0 aliphatic heterocycles. The van der Waals surface area contributed by atoms with Gasteiger partial charge in [0.2, 0.25) is 5.91 Å². The first kappa shape index (κ1) is 35.0. The Morgan fingerprint density at radius 2 is 1.78 bits per heavy atom. The highest BCUT2D eigenvalue weighted by Crippen LogP contribution is 2.58. The van der Waals surface area contributed by atoms with Crippen molar-refractivity contribution in [2.45, 2.75) is 122 Å². The predicted molar refractivity (Wildman–Crippen MR) is 191 cm³/mol. The highest BCUT2D eigenvalue weighted by atomic mass is 16.6. The first-order valence-electron chi connectivity index (χ1n) is 18.5. The van der Waals surface area contributed by atoms with Gasteiger partial charge < -0.3 is 19.2 Å². The molecule has 0 atom stereocenters. The minimum atomic E-state index is -0.353. The molecule has 264 valence electrons. The van der Waals surface area contributed by atoms with Gasteiger partial charge in [0.25, 0.3) is 0 Å². The van der Waals surface area contributed by atoms with Crippen LogP contribution in [0.4, 0.5) is 10.6 Å². The number of fused-ring (bicyclic) bond motifs is 3. The number of amides is 2. The first-order valence-corrected chi connectivity index (χ1v) is 18.5. The molecule has 4 aliphatic rings. The van der Waals surface area contributed by atoms with E-state index in [9.17, 15) is 9.59 Å². The van der Waals surface area contributed by atoms with Crippen LogP contribution in [0.3, 0.4) is 0 Å². The van der Waals surface area contributed by atoms with Crippen LogP contribution in [0.1, 0.15) is 121 Å². The molecule has 4 fully saturated rings. The van der Waals surface area contributed by atoms with Crippen molar-refractivity contribution in [3.8, 4) is 17.0 Å². The van der Waals surface area contributed by atoms with E-state index in [2.05, 4.69) is 51.2 Å². The Balaban J connectivity index is 1.20. The number of nitrogens with zero attached hydrogens (tertiary/aromatic N) is 3. The summed E-state index contributed by atoms with van der Waals surface area (Å²) in [5, 5.41) is 2.85. The minimum Gasteiger partial charge on any atom is -0.496 e. The van der Waals surface area contributed by atoms with Crippen LogP contribution in [0.25, 0.3) is 11.3 Å². The van der Waals surface area contributed by atoms with Gasteiger partial charge in [-0.2, -0.15) is 0 Å². The van der Waals surface area contributed by atoms with Crippen LogP contribution >= 0.6 is 0 Å². The van der Waals surface area contributed by atoms with E-state index in [4.69, 9.17) is 23.9 Å². The van der Waals surface area contributed by atoms with Gasteiger partial charge in [0, 0.05) is 36.7 Å². The Bertz CT molecular complexity index is 1580. The van der Waals surface area contributed by atoms with Gasteiger partial charge in [0.1, 0.15) is 29.6 Å². The van der Waals surface area contributed by atoms with Gasteiger partial charge in [-0.15, -0.1) is 0 Å². The fourth-order valence-electron chi connectivity index (χ4n) is 8.37. The normalized spacial score (nSPS) is 24.9. The number of rotatable bonds is 12. The monoisotopic (exact) mass is 670 g/mol. The van der Waals surface area contributed by atoms with E-state index in [1.165, 1.54) is 11.1 Å². The highest BCUT2D eigenvalue weighted by molar-refractivity contribution is 5.95. The molecule has 2 bridgehead atoms. The van der Waals surface area contributed by atoms with Crippen molar-refractivity contribution in [2.75, 3.05) is 25.1 Å². The summed E-state index contributed by atoms with van der Waals surface area (Å²) >= 11 is 0. The maximum Gasteiger partial charge on any atom is 0.407 e. The zero-order chi connectivity index (χ0) is 34.6. The van der Waals surface area contributed by atoms with Crippen molar-refractivity contribution in [1.29, 1.82) is 0 Å². The first-order chi connectivity index (χ1) is 23.6. The summed E-state index contributed by atoms with van der Waals surface area (Å²) in [7, 11) is 1.73. The third kappa shape index (κ3) is 7.65. The summed E-state index contributed by atoms with van der Waals surface area (Å²) in [5.41, 5.74) is 4.49. The molecule has 2 heterocycles. The Morgan fingerprint density at radius 1 is 1.04 bits per heavy atom. The van der Waals surface area contributed by atoms with Gasteiger partial charge in [-0.3, -0.25) is 9.69 Å². The summed E-state index contributed by atoms with van der Waals surface area (Å²) in [6.45, 7) is 9.63. The van der Waals surface area contributed by atoms with Crippen LogP contribution in [-0.4, -0.2) is 48.3 Å². The van der Waals surface area contributed by atoms with Crippen LogP contribution in [0.15, 0.2) is 47.2 Å². The zero-order valence-electron chi connectivity index (χ0n) is 30.1. The quantitative estimate of drug-likeness (QED) is 0.192. The summed E-state index contributed by atoms with van der Waals surface area (Å²) < 4.78 is 17.0. The number of carbonyl (C=O) groups is 2. The zero-order valence-corrected chi connectivity index (χ0v) is 30.1. The number of aryl methyl sites for hydroxylation is 1. The number of carbonyl (C=O) groups excluding carboxylic acids is 2. The van der Waals surface area contributed by atoms with Gasteiger partial charge in [0.05, 0.1) is 7.11 Å². The van der Waals surface area contributed by atoms with E-state index in [0.29, 0.717) is 50.5 Å². The molecule has 0 radical (unpaired) electrons. The molecule has 3 aromatic rings. The molecule has 0 saturated heterocycles. The van der Waals surface area contributed by atoms with Gasteiger partial charge in [-0.05, 0) is 118 Å². The number of anilines is 1. The molecule has 7 rings (SSSR count). The Morgan fingerprint density at radius 3 is 2.41 bits per heavy atom. The second kappa shape index (κ2) is 14.9. The van der Waals surface area contributed by atoms with Crippen LogP contribution in [0, 0.1) is 18.3 Å². The fourth-order valence-corrected chi connectivity index (χ4v) is 8.37. The van der Waals surface area contributed by atoms with E-state index in [0.717, 1.165) is 68.4 Å². The molecular weight excluding hydrogens is 616 g/mol. The lowest BCUT2D eigenvalue weighted by atomic mass is 9.51. The average Bonchev–Trinajstić information content (AvgIpc) is 3.63. The van der Waals surface area contributed by atoms with Crippen molar-refractivity contribution in [2.24, 2.45) is 11.3 Å². The lowest BCUT2D eigenvalue weighted by Gasteiger charge is -2.55. The SMILES string of the molecule is CCCCNC(=O)OC1CCC(C(=O)N(CC23CCC(c4ccc(OC)c(C)c4)(CC2)CC3)c2cc(-c3coc(C(C)C)n3)ccn2)CC1. The molecule has 4 saturated carbocycles. The smallest absolute Gasteiger partial charge is 0.407 e. The standard InChI is InChI=1S/C40H54N4O5/c1-6-7-21-42-38(46)49-32-11-8-29(9-12-32)37(45)44(35-24-30(14-22-41-35)33-25-48-36(43-33)27(2)3)26-39-15-18-40(19-16-39,20-17-39)31-10-13-34(47-5)28(4)23-31/h10,13-14,22-25,27,29,32H,6-9,11-12,15-21,26H2,1-5H3,(H,42,46). The lowest BCUT2D eigenvalue weighted by molar-refractivity contribution is -0.124. The average molecular weight is 671 g/mol. The number of hydrogen-bond donors (Lipinski definition) is 1. The van der Waals surface area contributed by atoms with E-state index in [1.54, 1.807) is 19.6 Å². The van der Waals surface area contributed by atoms with E-state index < -0.39 is 0 Å². The number of pyridine rings is 1. The number of alkyl carbamates (subject to hydrolysis) is 1. The number of benzene rings is 1. The molecular formula is C40H54N4O5. The predicted octanol–water partition coefficient (Wildman–Crippen LogP) is 8.89. The van der Waals surface area contributed by atoms with E-state index in [-0.39, 0.29) is 40.8 Å². The summed E-state index contributed by atoms with van der Waals surface area (Å²) in [6.07, 6.45) is 14.3. The van der Waals surface area contributed by atoms with Crippen molar-refractivity contribution < 1.29 is 23.5 Å². The van der Waals surface area contributed by atoms with Crippen molar-refractivity contribution in [3.63, 3.8) is 0 Å². The van der Waals surface area contributed by atoms with Crippen LogP contribution < -0.4 is 15.0 Å². The summed E-state index contributed by atoms with van der Waals surface area (Å²) in [6, 6.07) is 10.6. The Kier molecular flexibility index (Phi) is 10.7. The molecule has 49 heavy (non-hydrogen) atoms. The number of unbranched alkanes of at least 4 members (excludes halogenated alkanes) is 1. The van der Waals surface area contributed by atoms with Gasteiger partial charge in [-0.25, -0.2) is 14.8 Å². The van der Waals surface area contributed by atoms with Gasteiger partial charge in [0.15, 0.2) is 5.89 Å². The molecule has 2 amide bonds. The third-order valence-corrected chi connectivity index (χ3v) is 11.6. The number of ether oxygens (including phenoxy) is 2. The molecule has 2 aromatic heterocycles. The summed E-state index contributed by atoms with van der Waals surface area (Å²) in [5.74, 6) is 2.47. The van der Waals surface area contributed by atoms with Crippen LogP contribution in [0.5, 0.6) is 5.75 Å². The fraction of sp³-hybridized carbons (Fsp3) is 0.600. The number of hydrogen-bond acceptors (Lipinski definition) is 7. The molecule has 4 aliphatic carbocycles. The van der Waals surface area contributed by atoms with Gasteiger partial charge in [-0.1, -0.05) is 39.3 Å². The maximum absolute atomic E-state index is 14.6. The number of aromatic nitrogens is 2. The van der Waals surface area contributed by atoms with Crippen molar-refractivity contribution in [3.05, 3.63) is 59.8 Å². The number of nitrogens with one attached hydrogen (secondary N) is 1. The minimum absolute atomic E-state index is 0.0478. The molecule has 1 N–H and O–H groups in total. The number of methoxy groups -OCH3 is 1. The topological polar surface area (TPSA) is 107 Å². The maximum atomic E-state index is 14.6. The van der Waals surface area contributed by atoms with E-state index >= 15 is 0 Å². The second-order valence-corrected chi connectivity index (χ2v) is 15.2. The Hall–Kier alpha value is -3.88. The largest absolute Gasteiger partial charge is 0.496 e. The van der Waals surface area contributed by atoms with Crippen molar-refractivity contribution >= 4 is 17.8 Å². The van der Waals surface area contributed by atoms with Crippen LogP contribution in [-0.2, 0) is 14.9 Å². The Labute approximate surface area is 291 Å². The van der Waals surface area contributed by atoms with Crippen LogP contribution in [0.2, 0.25) is 0 Å². The molecule has 1 aromatic carbocycles. The second-order valence-electron chi connectivity index (χ2n) is 15.2. The van der Waals surface area contributed by atoms with Crippen molar-refractivity contribution in [1.82, 2.24) is 15.3 Å². The lowest BCUT2D eigenvalue weighted by Crippen LogP contribution is -2.52. The highest BCUT2D eigenvalue weighted by Gasteiger charge is 2.51. The molecule has 9 heteroatoms. The molecule has 0 unspecified atom stereocenters.